The van der Waals surface area contributed by atoms with E-state index in [-0.39, 0.29) is 6.61 Å². The molecule has 0 rings (SSSR count). The summed E-state index contributed by atoms with van der Waals surface area (Å²) in [5, 5.41) is 8.46. The van der Waals surface area contributed by atoms with Gasteiger partial charge in [-0.05, 0) is 13.3 Å². The summed E-state index contributed by atoms with van der Waals surface area (Å²) in [5.41, 5.74) is 0. The molecule has 3 nitrogen and oxygen atoms in total. The van der Waals surface area contributed by atoms with Gasteiger partial charge >= 0.3 is 0 Å². The Bertz CT molecular complexity index is 93.1. The smallest absolute Gasteiger partial charge is 0.174 e. The second-order valence-corrected chi connectivity index (χ2v) is 1.72. The van der Waals surface area contributed by atoms with E-state index in [0.717, 1.165) is 4.90 Å². The van der Waals surface area contributed by atoms with Crippen molar-refractivity contribution in [3.63, 3.8) is 0 Å². The van der Waals surface area contributed by atoms with E-state index in [1.165, 1.54) is 0 Å². The van der Waals surface area contributed by atoms with Gasteiger partial charge in [-0.2, -0.15) is 0 Å². The van der Waals surface area contributed by atoms with E-state index in [0.29, 0.717) is 13.2 Å². The topological polar surface area (TPSA) is 37.0 Å². The minimum atomic E-state index is 0.164. The Morgan fingerprint density at radius 1 is 1.67 bits per heavy atom. The third-order valence-electron chi connectivity index (χ3n) is 1.04. The summed E-state index contributed by atoms with van der Waals surface area (Å²) in [6.45, 7) is 8.30. The summed E-state index contributed by atoms with van der Waals surface area (Å²) in [4.78, 5) is 4.69. The number of nitrogens with one attached hydrogen (secondary N) is 1. The van der Waals surface area contributed by atoms with E-state index in [1.807, 2.05) is 0 Å². The maximum Gasteiger partial charge on any atom is 0.174 e. The molecule has 0 aliphatic heterocycles. The third kappa shape index (κ3) is 3.88. The minimum absolute atomic E-state index is 0.164. The standard InChI is InChI=1S/C6H12N2O/c1-3-8(4-5-9)6-7-2/h3,9H,1-2,4-6H2/p+1. The lowest BCUT2D eigenvalue weighted by Crippen LogP contribution is -3.07. The Labute approximate surface area is 55.3 Å². The first kappa shape index (κ1) is 8.33. The second kappa shape index (κ2) is 5.47. The first-order valence-electron chi connectivity index (χ1n) is 2.85. The van der Waals surface area contributed by atoms with E-state index in [1.54, 1.807) is 6.20 Å². The second-order valence-electron chi connectivity index (χ2n) is 1.72. The lowest BCUT2D eigenvalue weighted by molar-refractivity contribution is -0.846. The molecule has 2 N–H and O–H groups in total. The molecule has 0 aliphatic carbocycles. The molecule has 0 saturated heterocycles. The summed E-state index contributed by atoms with van der Waals surface area (Å²) in [6, 6.07) is 0. The van der Waals surface area contributed by atoms with E-state index < -0.39 is 0 Å². The molecular weight excluding hydrogens is 116 g/mol. The fourth-order valence-corrected chi connectivity index (χ4v) is 0.533. The molecule has 52 valence electrons. The zero-order valence-electron chi connectivity index (χ0n) is 5.51. The predicted octanol–water partition coefficient (Wildman–Crippen LogP) is -1.33. The molecule has 0 aromatic carbocycles. The average Bonchev–Trinajstić information content (AvgIpc) is 1.88. The number of quaternary nitrogens is 1. The van der Waals surface area contributed by atoms with Crippen molar-refractivity contribution in [2.45, 2.75) is 0 Å². The first-order chi connectivity index (χ1) is 4.35. The maximum atomic E-state index is 8.46. The van der Waals surface area contributed by atoms with Gasteiger partial charge in [-0.1, -0.05) is 0 Å². The first-order valence-corrected chi connectivity index (χ1v) is 2.85. The number of rotatable bonds is 5. The van der Waals surface area contributed by atoms with Gasteiger partial charge in [0.2, 0.25) is 0 Å². The number of hydrogen-bond acceptors (Lipinski definition) is 2. The van der Waals surface area contributed by atoms with Gasteiger partial charge < -0.3 is 5.11 Å². The Hall–Kier alpha value is -0.670. The monoisotopic (exact) mass is 129 g/mol. The van der Waals surface area contributed by atoms with Gasteiger partial charge in [0.05, 0.1) is 12.8 Å². The van der Waals surface area contributed by atoms with Crippen LogP contribution in [0.5, 0.6) is 0 Å². The highest BCUT2D eigenvalue weighted by molar-refractivity contribution is 5.22. The lowest BCUT2D eigenvalue weighted by Gasteiger charge is -2.07. The van der Waals surface area contributed by atoms with Gasteiger partial charge in [-0.3, -0.25) is 4.90 Å². The highest BCUT2D eigenvalue weighted by Gasteiger charge is 1.97. The average molecular weight is 129 g/mol. The number of hydrogen-bond donors (Lipinski definition) is 2. The van der Waals surface area contributed by atoms with Crippen LogP contribution in [0.2, 0.25) is 0 Å². The predicted molar refractivity (Wildman–Crippen MR) is 37.5 cm³/mol. The summed E-state index contributed by atoms with van der Waals surface area (Å²) in [7, 11) is 0. The van der Waals surface area contributed by atoms with Crippen LogP contribution in [0.15, 0.2) is 17.8 Å². The maximum absolute atomic E-state index is 8.46. The zero-order valence-corrected chi connectivity index (χ0v) is 5.51. The molecule has 0 aliphatic rings. The fourth-order valence-electron chi connectivity index (χ4n) is 0.533. The molecule has 0 radical (unpaired) electrons. The molecule has 0 spiro atoms. The van der Waals surface area contributed by atoms with Crippen LogP contribution in [-0.2, 0) is 0 Å². The number of aliphatic hydroxyl groups excluding tert-OH is 1. The van der Waals surface area contributed by atoms with E-state index >= 15 is 0 Å². The van der Waals surface area contributed by atoms with Crippen LogP contribution in [0.25, 0.3) is 0 Å². The molecule has 1 unspecified atom stereocenters. The van der Waals surface area contributed by atoms with Crippen LogP contribution in [0.4, 0.5) is 0 Å². The molecule has 9 heavy (non-hydrogen) atoms. The van der Waals surface area contributed by atoms with Crippen molar-refractivity contribution in [3.05, 3.63) is 12.8 Å². The van der Waals surface area contributed by atoms with Crippen LogP contribution in [-0.4, -0.2) is 31.6 Å². The van der Waals surface area contributed by atoms with Gasteiger partial charge in [-0.25, -0.2) is 4.99 Å². The summed E-state index contributed by atoms with van der Waals surface area (Å²) >= 11 is 0. The molecule has 0 aromatic rings. The molecule has 0 aromatic heterocycles. The van der Waals surface area contributed by atoms with Crippen molar-refractivity contribution in [1.82, 2.24) is 0 Å². The van der Waals surface area contributed by atoms with Gasteiger partial charge in [0.1, 0.15) is 6.54 Å². The Kier molecular flexibility index (Phi) is 5.06. The van der Waals surface area contributed by atoms with Crippen LogP contribution < -0.4 is 4.90 Å². The SMILES string of the molecule is C=C[NH+](CCO)CN=C. The Morgan fingerprint density at radius 2 is 2.33 bits per heavy atom. The third-order valence-corrected chi connectivity index (χ3v) is 1.04. The van der Waals surface area contributed by atoms with Crippen LogP contribution in [0.1, 0.15) is 0 Å². The van der Waals surface area contributed by atoms with Crippen molar-refractivity contribution < 1.29 is 10.0 Å². The zero-order chi connectivity index (χ0) is 7.11. The molecule has 0 saturated carbocycles. The van der Waals surface area contributed by atoms with Crippen molar-refractivity contribution in [1.29, 1.82) is 0 Å². The molecule has 0 heterocycles. The summed E-state index contributed by atoms with van der Waals surface area (Å²) < 4.78 is 0. The Morgan fingerprint density at radius 3 is 2.67 bits per heavy atom. The number of nitrogens with zero attached hydrogens (tertiary/aromatic N) is 1. The minimum Gasteiger partial charge on any atom is -0.390 e. The van der Waals surface area contributed by atoms with Crippen molar-refractivity contribution in [2.24, 2.45) is 4.99 Å². The van der Waals surface area contributed by atoms with E-state index in [9.17, 15) is 0 Å². The summed E-state index contributed by atoms with van der Waals surface area (Å²) in [5.74, 6) is 0. The van der Waals surface area contributed by atoms with Crippen molar-refractivity contribution >= 4 is 6.72 Å². The molecule has 0 amide bonds. The number of aliphatic imine (C=N–C) groups is 1. The van der Waals surface area contributed by atoms with Gasteiger partial charge in [-0.15, -0.1) is 0 Å². The summed E-state index contributed by atoms with van der Waals surface area (Å²) in [6.07, 6.45) is 1.71. The van der Waals surface area contributed by atoms with Crippen LogP contribution in [0, 0.1) is 0 Å². The highest BCUT2D eigenvalue weighted by Crippen LogP contribution is 1.52. The van der Waals surface area contributed by atoms with Gasteiger partial charge in [0, 0.05) is 0 Å². The molecular formula is C6H13N2O+. The highest BCUT2D eigenvalue weighted by atomic mass is 16.3. The fraction of sp³-hybridized carbons (Fsp3) is 0.500. The molecule has 0 bridgehead atoms. The lowest BCUT2D eigenvalue weighted by atomic mass is 10.6. The van der Waals surface area contributed by atoms with Crippen LogP contribution >= 0.6 is 0 Å². The normalized spacial score (nSPS) is 12.6. The molecule has 0 fully saturated rings. The Balaban J connectivity index is 3.40. The van der Waals surface area contributed by atoms with Crippen molar-refractivity contribution in [2.75, 3.05) is 19.8 Å². The van der Waals surface area contributed by atoms with E-state index in [4.69, 9.17) is 5.11 Å². The quantitative estimate of drug-likeness (QED) is 0.443. The van der Waals surface area contributed by atoms with Gasteiger partial charge in [0.25, 0.3) is 0 Å². The largest absolute Gasteiger partial charge is 0.390 e. The van der Waals surface area contributed by atoms with Crippen molar-refractivity contribution in [3.8, 4) is 0 Å². The molecule has 1 atom stereocenters. The van der Waals surface area contributed by atoms with Gasteiger partial charge in [0.15, 0.2) is 6.67 Å². The molecule has 3 heteroatoms. The number of aliphatic hydroxyl groups is 1. The van der Waals surface area contributed by atoms with E-state index in [2.05, 4.69) is 18.3 Å². The van der Waals surface area contributed by atoms with Crippen LogP contribution in [0.3, 0.4) is 0 Å².